The van der Waals surface area contributed by atoms with Crippen LogP contribution in [0.25, 0.3) is 0 Å². The molecule has 0 aromatic heterocycles. The number of hydrogen-bond donors (Lipinski definition) is 1. The number of ketones is 1. The molecule has 1 aliphatic rings. The van der Waals surface area contributed by atoms with Gasteiger partial charge in [-0.2, -0.15) is 0 Å². The van der Waals surface area contributed by atoms with E-state index in [1.54, 1.807) is 18.2 Å². The van der Waals surface area contributed by atoms with Crippen LogP contribution in [0.4, 0.5) is 0 Å². The summed E-state index contributed by atoms with van der Waals surface area (Å²) in [6, 6.07) is 0. The third-order valence-corrected chi connectivity index (χ3v) is 2.13. The monoisotopic (exact) mass is 234 g/mol. The summed E-state index contributed by atoms with van der Waals surface area (Å²) in [6.45, 7) is 4.66. The molecular formula is C13H14O4. The number of hydrogen-bond acceptors (Lipinski definition) is 4. The average molecular weight is 234 g/mol. The predicted molar refractivity (Wildman–Crippen MR) is 63.3 cm³/mol. The van der Waals surface area contributed by atoms with E-state index < -0.39 is 5.97 Å². The molecule has 1 aliphatic carbocycles. The Kier molecular flexibility index (Phi) is 4.46. The zero-order chi connectivity index (χ0) is 12.8. The highest BCUT2D eigenvalue weighted by molar-refractivity contribution is 5.88. The maximum absolute atomic E-state index is 10.9. The molecule has 0 aliphatic heterocycles. The molecule has 90 valence electrons. The van der Waals surface area contributed by atoms with Crippen molar-refractivity contribution < 1.29 is 19.4 Å². The average Bonchev–Trinajstić information content (AvgIpc) is 2.28. The van der Waals surface area contributed by atoms with Gasteiger partial charge in [-0.15, -0.1) is 0 Å². The van der Waals surface area contributed by atoms with Crippen LogP contribution in [0, 0.1) is 0 Å². The topological polar surface area (TPSA) is 63.6 Å². The van der Waals surface area contributed by atoms with E-state index in [1.165, 1.54) is 6.92 Å². The summed E-state index contributed by atoms with van der Waals surface area (Å²) in [5.41, 5.74) is 0.547. The first kappa shape index (κ1) is 13.0. The molecule has 0 aromatic rings. The van der Waals surface area contributed by atoms with Gasteiger partial charge in [-0.3, -0.25) is 4.79 Å². The van der Waals surface area contributed by atoms with Crippen LogP contribution in [0.2, 0.25) is 0 Å². The smallest absolute Gasteiger partial charge is 0.330 e. The molecule has 0 bridgehead atoms. The fourth-order valence-corrected chi connectivity index (χ4v) is 1.35. The molecule has 0 heterocycles. The van der Waals surface area contributed by atoms with E-state index >= 15 is 0 Å². The summed E-state index contributed by atoms with van der Waals surface area (Å²) in [5, 5.41) is 9.56. The number of carbonyl (C=O) groups excluding carboxylic acids is 2. The van der Waals surface area contributed by atoms with Crippen molar-refractivity contribution in [1.82, 2.24) is 0 Å². The Morgan fingerprint density at radius 3 is 2.76 bits per heavy atom. The van der Waals surface area contributed by atoms with Gasteiger partial charge in [-0.05, 0) is 13.0 Å². The second kappa shape index (κ2) is 5.84. The molecule has 0 aromatic carbocycles. The minimum absolute atomic E-state index is 0.0813. The van der Waals surface area contributed by atoms with Gasteiger partial charge in [-0.25, -0.2) is 4.79 Å². The van der Waals surface area contributed by atoms with Crippen LogP contribution in [-0.2, 0) is 14.3 Å². The number of aliphatic hydroxyl groups is 1. The van der Waals surface area contributed by atoms with Gasteiger partial charge in [0.05, 0.1) is 0 Å². The quantitative estimate of drug-likeness (QED) is 0.459. The Morgan fingerprint density at radius 2 is 2.29 bits per heavy atom. The number of aliphatic hydroxyl groups excluding tert-OH is 1. The van der Waals surface area contributed by atoms with Crippen molar-refractivity contribution in [3.63, 3.8) is 0 Å². The highest BCUT2D eigenvalue weighted by Gasteiger charge is 2.13. The standard InChI is InChI=1S/C13H14O4/c1-3-13(16)17-11-6-4-10(5-7-11)12(15)8-9(2)14/h3-6,8,11,15H,1,7H2,2H3/b12-8-. The molecule has 4 nitrogen and oxygen atoms in total. The molecule has 1 N–H and O–H groups in total. The molecule has 0 fully saturated rings. The second-order valence-corrected chi connectivity index (χ2v) is 3.57. The molecule has 0 saturated carbocycles. The lowest BCUT2D eigenvalue weighted by atomic mass is 10.0. The van der Waals surface area contributed by atoms with E-state index in [0.717, 1.165) is 12.2 Å². The number of carbonyl (C=O) groups is 2. The Labute approximate surface area is 99.6 Å². The highest BCUT2D eigenvalue weighted by Crippen LogP contribution is 2.18. The molecule has 1 unspecified atom stereocenters. The Hall–Kier alpha value is -2.10. The fraction of sp³-hybridized carbons (Fsp3) is 0.231. The number of esters is 1. The Bertz CT molecular complexity index is 427. The van der Waals surface area contributed by atoms with Gasteiger partial charge in [0, 0.05) is 24.1 Å². The molecule has 0 saturated heterocycles. The van der Waals surface area contributed by atoms with Crippen LogP contribution in [0.3, 0.4) is 0 Å². The van der Waals surface area contributed by atoms with Gasteiger partial charge in [0.15, 0.2) is 5.78 Å². The van der Waals surface area contributed by atoms with Gasteiger partial charge in [0.25, 0.3) is 0 Å². The Balaban J connectivity index is 2.63. The number of ether oxygens (including phenoxy) is 1. The second-order valence-electron chi connectivity index (χ2n) is 3.57. The van der Waals surface area contributed by atoms with Crippen molar-refractivity contribution in [3.8, 4) is 0 Å². The third kappa shape index (κ3) is 4.10. The number of rotatable bonds is 4. The summed E-state index contributed by atoms with van der Waals surface area (Å²) in [4.78, 5) is 21.7. The van der Waals surface area contributed by atoms with Crippen molar-refractivity contribution in [2.75, 3.05) is 0 Å². The summed E-state index contributed by atoms with van der Waals surface area (Å²) in [7, 11) is 0. The molecule has 1 rings (SSSR count). The van der Waals surface area contributed by atoms with Crippen molar-refractivity contribution in [1.29, 1.82) is 0 Å². The van der Waals surface area contributed by atoms with E-state index in [2.05, 4.69) is 6.58 Å². The molecule has 0 spiro atoms. The lowest BCUT2D eigenvalue weighted by molar-refractivity contribution is -0.140. The van der Waals surface area contributed by atoms with Gasteiger partial charge in [-0.1, -0.05) is 18.7 Å². The minimum atomic E-state index is -0.486. The first-order valence-corrected chi connectivity index (χ1v) is 5.16. The largest absolute Gasteiger partial charge is 0.507 e. The molecule has 0 amide bonds. The summed E-state index contributed by atoms with van der Waals surface area (Å²) in [6.07, 6.45) is 7.32. The van der Waals surface area contributed by atoms with Gasteiger partial charge >= 0.3 is 5.97 Å². The highest BCUT2D eigenvalue weighted by atomic mass is 16.5. The van der Waals surface area contributed by atoms with Gasteiger partial charge < -0.3 is 9.84 Å². The van der Waals surface area contributed by atoms with Crippen LogP contribution in [0.15, 0.2) is 48.3 Å². The first-order valence-electron chi connectivity index (χ1n) is 5.16. The molecule has 0 radical (unpaired) electrons. The van der Waals surface area contributed by atoms with Crippen molar-refractivity contribution in [3.05, 3.63) is 48.3 Å². The molecule has 1 atom stereocenters. The van der Waals surface area contributed by atoms with E-state index in [0.29, 0.717) is 12.0 Å². The third-order valence-electron chi connectivity index (χ3n) is 2.13. The zero-order valence-corrected chi connectivity index (χ0v) is 9.55. The van der Waals surface area contributed by atoms with Gasteiger partial charge in [0.1, 0.15) is 11.9 Å². The fourth-order valence-electron chi connectivity index (χ4n) is 1.35. The summed E-state index contributed by atoms with van der Waals surface area (Å²) in [5.74, 6) is -0.792. The summed E-state index contributed by atoms with van der Waals surface area (Å²) >= 11 is 0. The molecule has 17 heavy (non-hydrogen) atoms. The predicted octanol–water partition coefficient (Wildman–Crippen LogP) is 2.00. The van der Waals surface area contributed by atoms with Crippen LogP contribution in [0.5, 0.6) is 0 Å². The Morgan fingerprint density at radius 1 is 1.59 bits per heavy atom. The summed E-state index contributed by atoms with van der Waals surface area (Å²) < 4.78 is 4.99. The lowest BCUT2D eigenvalue weighted by Crippen LogP contribution is -2.15. The molecular weight excluding hydrogens is 220 g/mol. The van der Waals surface area contributed by atoms with E-state index in [-0.39, 0.29) is 17.6 Å². The number of allylic oxidation sites excluding steroid dienone is 2. The van der Waals surface area contributed by atoms with Gasteiger partial charge in [0.2, 0.25) is 0 Å². The van der Waals surface area contributed by atoms with Crippen molar-refractivity contribution in [2.24, 2.45) is 0 Å². The van der Waals surface area contributed by atoms with Crippen molar-refractivity contribution in [2.45, 2.75) is 19.4 Å². The van der Waals surface area contributed by atoms with Crippen molar-refractivity contribution >= 4 is 11.8 Å². The zero-order valence-electron chi connectivity index (χ0n) is 9.55. The van der Waals surface area contributed by atoms with Crippen LogP contribution < -0.4 is 0 Å². The minimum Gasteiger partial charge on any atom is -0.507 e. The normalized spacial score (nSPS) is 19.5. The van der Waals surface area contributed by atoms with Crippen LogP contribution >= 0.6 is 0 Å². The SMILES string of the molecule is C=CC(=O)OC1C=CC(/C(O)=C/C(C)=O)=CC1. The molecule has 4 heteroatoms. The van der Waals surface area contributed by atoms with E-state index in [9.17, 15) is 14.7 Å². The first-order chi connectivity index (χ1) is 8.02. The maximum atomic E-state index is 10.9. The van der Waals surface area contributed by atoms with Crippen LogP contribution in [0.1, 0.15) is 13.3 Å². The van der Waals surface area contributed by atoms with E-state index in [4.69, 9.17) is 4.74 Å². The van der Waals surface area contributed by atoms with Crippen LogP contribution in [-0.4, -0.2) is 23.0 Å². The lowest BCUT2D eigenvalue weighted by Gasteiger charge is -2.15. The maximum Gasteiger partial charge on any atom is 0.330 e. The van der Waals surface area contributed by atoms with E-state index in [1.807, 2.05) is 0 Å².